The average molecular weight is 294 g/mol. The summed E-state index contributed by atoms with van der Waals surface area (Å²) in [5.41, 5.74) is 2.24. The largest absolute Gasteiger partial charge is 0.289 e. The van der Waals surface area contributed by atoms with Crippen molar-refractivity contribution in [3.8, 4) is 10.6 Å². The van der Waals surface area contributed by atoms with E-state index in [1.807, 2.05) is 16.8 Å². The molecule has 0 aliphatic heterocycles. The highest BCUT2D eigenvalue weighted by Crippen LogP contribution is 2.28. The molecule has 3 nitrogen and oxygen atoms in total. The first-order valence-electron chi connectivity index (χ1n) is 4.79. The van der Waals surface area contributed by atoms with Gasteiger partial charge in [-0.15, -0.1) is 11.3 Å². The van der Waals surface area contributed by atoms with Crippen LogP contribution in [0.3, 0.4) is 0 Å². The zero-order valence-corrected chi connectivity index (χ0v) is 10.9. The minimum absolute atomic E-state index is 0.728. The molecule has 3 heterocycles. The zero-order valence-electron chi connectivity index (χ0n) is 8.51. The van der Waals surface area contributed by atoms with Crippen LogP contribution in [0.4, 0.5) is 0 Å². The predicted molar refractivity (Wildman–Crippen MR) is 68.7 cm³/mol. The van der Waals surface area contributed by atoms with Crippen LogP contribution in [0.25, 0.3) is 16.3 Å². The summed E-state index contributed by atoms with van der Waals surface area (Å²) in [5, 5.41) is 2.08. The van der Waals surface area contributed by atoms with Crippen LogP contribution < -0.4 is 0 Å². The van der Waals surface area contributed by atoms with Gasteiger partial charge in [-0.05, 0) is 39.9 Å². The van der Waals surface area contributed by atoms with Crippen LogP contribution in [0, 0.1) is 6.92 Å². The molecular weight excluding hydrogens is 286 g/mol. The fourth-order valence-electron chi connectivity index (χ4n) is 1.60. The summed E-state index contributed by atoms with van der Waals surface area (Å²) >= 11 is 5.10. The third kappa shape index (κ3) is 1.56. The molecule has 3 aromatic heterocycles. The van der Waals surface area contributed by atoms with Gasteiger partial charge in [-0.25, -0.2) is 9.97 Å². The summed E-state index contributed by atoms with van der Waals surface area (Å²) in [6, 6.07) is 2.10. The van der Waals surface area contributed by atoms with Crippen molar-refractivity contribution in [1.29, 1.82) is 0 Å². The highest BCUT2D eigenvalue weighted by molar-refractivity contribution is 9.10. The minimum atomic E-state index is 0.728. The van der Waals surface area contributed by atoms with E-state index < -0.39 is 0 Å². The lowest BCUT2D eigenvalue weighted by molar-refractivity contribution is 1.10. The number of thiophene rings is 1. The first-order valence-corrected chi connectivity index (χ1v) is 6.46. The minimum Gasteiger partial charge on any atom is -0.289 e. The number of hydrogen-bond acceptors (Lipinski definition) is 3. The topological polar surface area (TPSA) is 30.2 Å². The fraction of sp³-hybridized carbons (Fsp3) is 0.0909. The molecule has 0 aliphatic carbocycles. The van der Waals surface area contributed by atoms with Crippen LogP contribution in [0.2, 0.25) is 0 Å². The maximum atomic E-state index is 4.50. The van der Waals surface area contributed by atoms with Crippen molar-refractivity contribution in [2.75, 3.05) is 0 Å². The SMILES string of the molecule is Cc1ccsc1-c1cn2cc(Br)cnc2n1. The van der Waals surface area contributed by atoms with Crippen LogP contribution in [-0.4, -0.2) is 14.4 Å². The molecule has 0 atom stereocenters. The molecule has 0 saturated heterocycles. The van der Waals surface area contributed by atoms with Crippen LogP contribution in [0.1, 0.15) is 5.56 Å². The maximum absolute atomic E-state index is 4.50. The lowest BCUT2D eigenvalue weighted by Gasteiger charge is -1.91. The molecule has 0 spiro atoms. The van der Waals surface area contributed by atoms with Crippen LogP contribution >= 0.6 is 27.3 Å². The molecule has 3 rings (SSSR count). The van der Waals surface area contributed by atoms with E-state index in [-0.39, 0.29) is 0 Å². The summed E-state index contributed by atoms with van der Waals surface area (Å²) < 4.78 is 2.88. The molecule has 0 fully saturated rings. The molecule has 0 N–H and O–H groups in total. The number of fused-ring (bicyclic) bond motifs is 1. The number of hydrogen-bond donors (Lipinski definition) is 0. The summed E-state index contributed by atoms with van der Waals surface area (Å²) in [5.74, 6) is 0.728. The van der Waals surface area contributed by atoms with Crippen molar-refractivity contribution in [2.24, 2.45) is 0 Å². The number of aromatic nitrogens is 3. The van der Waals surface area contributed by atoms with Gasteiger partial charge >= 0.3 is 0 Å². The molecule has 16 heavy (non-hydrogen) atoms. The van der Waals surface area contributed by atoms with Gasteiger partial charge in [-0.3, -0.25) is 4.40 Å². The second-order valence-corrected chi connectivity index (χ2v) is 5.37. The van der Waals surface area contributed by atoms with Gasteiger partial charge < -0.3 is 0 Å². The zero-order chi connectivity index (χ0) is 11.1. The molecular formula is C11H8BrN3S. The second-order valence-electron chi connectivity index (χ2n) is 3.54. The standard InChI is InChI=1S/C11H8BrN3S/c1-7-2-3-16-10(7)9-6-15-5-8(12)4-13-11(15)14-9/h2-6H,1H3. The van der Waals surface area contributed by atoms with Crippen molar-refractivity contribution in [3.05, 3.63) is 40.1 Å². The Morgan fingerprint density at radius 3 is 3.00 bits per heavy atom. The van der Waals surface area contributed by atoms with E-state index in [0.717, 1.165) is 15.9 Å². The first kappa shape index (κ1) is 9.99. The Morgan fingerprint density at radius 1 is 1.38 bits per heavy atom. The number of rotatable bonds is 1. The molecule has 80 valence electrons. The Balaban J connectivity index is 2.23. The highest BCUT2D eigenvalue weighted by atomic mass is 79.9. The normalized spacial score (nSPS) is 11.1. The van der Waals surface area contributed by atoms with Gasteiger partial charge in [0.2, 0.25) is 5.78 Å². The van der Waals surface area contributed by atoms with Crippen molar-refractivity contribution < 1.29 is 0 Å². The third-order valence-electron chi connectivity index (χ3n) is 2.37. The summed E-state index contributed by atoms with van der Waals surface area (Å²) in [7, 11) is 0. The van der Waals surface area contributed by atoms with Gasteiger partial charge in [0, 0.05) is 18.6 Å². The van der Waals surface area contributed by atoms with E-state index in [9.17, 15) is 0 Å². The number of imidazole rings is 1. The number of aryl methyl sites for hydroxylation is 1. The monoisotopic (exact) mass is 293 g/mol. The van der Waals surface area contributed by atoms with Gasteiger partial charge in [0.05, 0.1) is 9.35 Å². The van der Waals surface area contributed by atoms with Gasteiger partial charge in [0.15, 0.2) is 0 Å². The van der Waals surface area contributed by atoms with E-state index in [4.69, 9.17) is 0 Å². The molecule has 0 amide bonds. The number of halogens is 1. The summed E-state index contributed by atoms with van der Waals surface area (Å²) in [6.07, 6.45) is 5.72. The molecule has 0 aromatic carbocycles. The molecule has 0 saturated carbocycles. The van der Waals surface area contributed by atoms with Gasteiger partial charge in [-0.1, -0.05) is 0 Å². The molecule has 0 aliphatic rings. The molecule has 0 bridgehead atoms. The van der Waals surface area contributed by atoms with E-state index in [2.05, 4.69) is 44.3 Å². The molecule has 3 aromatic rings. The predicted octanol–water partition coefficient (Wildman–Crippen LogP) is 3.53. The van der Waals surface area contributed by atoms with Crippen molar-refractivity contribution in [3.63, 3.8) is 0 Å². The lowest BCUT2D eigenvalue weighted by Crippen LogP contribution is -1.85. The fourth-order valence-corrected chi connectivity index (χ4v) is 2.81. The average Bonchev–Trinajstić information content (AvgIpc) is 2.82. The summed E-state index contributed by atoms with van der Waals surface area (Å²) in [4.78, 5) is 9.96. The van der Waals surface area contributed by atoms with Gasteiger partial charge in [0.25, 0.3) is 0 Å². The Hall–Kier alpha value is -1.20. The van der Waals surface area contributed by atoms with Crippen molar-refractivity contribution >= 4 is 33.0 Å². The Kier molecular flexibility index (Phi) is 2.29. The first-order chi connectivity index (χ1) is 7.74. The Morgan fingerprint density at radius 2 is 2.25 bits per heavy atom. The quantitative estimate of drug-likeness (QED) is 0.687. The van der Waals surface area contributed by atoms with Crippen LogP contribution in [-0.2, 0) is 0 Å². The van der Waals surface area contributed by atoms with Crippen LogP contribution in [0.15, 0.2) is 34.5 Å². The van der Waals surface area contributed by atoms with Gasteiger partial charge in [-0.2, -0.15) is 0 Å². The Bertz CT molecular complexity index is 656. The lowest BCUT2D eigenvalue weighted by atomic mass is 10.2. The van der Waals surface area contributed by atoms with Crippen LogP contribution in [0.5, 0.6) is 0 Å². The third-order valence-corrected chi connectivity index (χ3v) is 3.82. The highest BCUT2D eigenvalue weighted by Gasteiger charge is 2.08. The van der Waals surface area contributed by atoms with E-state index >= 15 is 0 Å². The summed E-state index contributed by atoms with van der Waals surface area (Å²) in [6.45, 7) is 2.10. The maximum Gasteiger partial charge on any atom is 0.234 e. The smallest absolute Gasteiger partial charge is 0.234 e. The second kappa shape index (κ2) is 3.68. The van der Waals surface area contributed by atoms with E-state index in [0.29, 0.717) is 0 Å². The van der Waals surface area contributed by atoms with E-state index in [1.165, 1.54) is 10.4 Å². The molecule has 5 heteroatoms. The van der Waals surface area contributed by atoms with Gasteiger partial charge in [0.1, 0.15) is 5.69 Å². The van der Waals surface area contributed by atoms with Crippen molar-refractivity contribution in [1.82, 2.24) is 14.4 Å². The number of nitrogens with zero attached hydrogens (tertiary/aromatic N) is 3. The van der Waals surface area contributed by atoms with Crippen molar-refractivity contribution in [2.45, 2.75) is 6.92 Å². The Labute approximate surface area is 105 Å². The molecule has 0 unspecified atom stereocenters. The van der Waals surface area contributed by atoms with E-state index in [1.54, 1.807) is 17.5 Å². The molecule has 0 radical (unpaired) electrons.